The van der Waals surface area contributed by atoms with E-state index in [2.05, 4.69) is 21.2 Å². The predicted octanol–water partition coefficient (Wildman–Crippen LogP) is 5.11. The summed E-state index contributed by atoms with van der Waals surface area (Å²) in [5, 5.41) is 3.09. The van der Waals surface area contributed by atoms with Gasteiger partial charge in [-0.3, -0.25) is 0 Å². The van der Waals surface area contributed by atoms with E-state index in [0.29, 0.717) is 4.47 Å². The molecule has 0 heterocycles. The second kappa shape index (κ2) is 5.39. The normalized spacial score (nSPS) is 27.3. The molecule has 2 unspecified atom stereocenters. The number of hydrogen-bond acceptors (Lipinski definition) is 1. The van der Waals surface area contributed by atoms with Crippen LogP contribution in [0.2, 0.25) is 0 Å². The molecular formula is C15H18BrF2N. The van der Waals surface area contributed by atoms with Crippen molar-refractivity contribution in [2.75, 3.05) is 5.32 Å². The van der Waals surface area contributed by atoms with Crippen molar-refractivity contribution in [2.45, 2.75) is 44.6 Å². The highest BCUT2D eigenvalue weighted by Crippen LogP contribution is 2.44. The molecule has 0 aliphatic heterocycles. The average molecular weight is 330 g/mol. The van der Waals surface area contributed by atoms with Gasteiger partial charge in [0.05, 0.1) is 0 Å². The number of rotatable bonds is 3. The largest absolute Gasteiger partial charge is 0.378 e. The molecule has 2 atom stereocenters. The zero-order valence-corrected chi connectivity index (χ0v) is 12.3. The number of anilines is 1. The summed E-state index contributed by atoms with van der Waals surface area (Å²) in [5.41, 5.74) is 0.0321. The monoisotopic (exact) mass is 329 g/mol. The molecule has 2 aliphatic carbocycles. The van der Waals surface area contributed by atoms with E-state index in [0.717, 1.165) is 24.7 Å². The molecule has 1 aromatic carbocycles. The van der Waals surface area contributed by atoms with Crippen LogP contribution < -0.4 is 5.32 Å². The Labute approximate surface area is 120 Å². The van der Waals surface area contributed by atoms with Gasteiger partial charge in [0.1, 0.15) is 17.3 Å². The van der Waals surface area contributed by atoms with Crippen LogP contribution in [0.5, 0.6) is 0 Å². The molecule has 0 bridgehead atoms. The summed E-state index contributed by atoms with van der Waals surface area (Å²) in [6.07, 6.45) is 7.21. The van der Waals surface area contributed by atoms with Gasteiger partial charge < -0.3 is 5.32 Å². The third-order valence-corrected chi connectivity index (χ3v) is 4.82. The first-order valence-electron chi connectivity index (χ1n) is 7.04. The van der Waals surface area contributed by atoms with Crippen molar-refractivity contribution in [3.63, 3.8) is 0 Å². The molecule has 1 aromatic rings. The van der Waals surface area contributed by atoms with Crippen LogP contribution in [0.3, 0.4) is 0 Å². The Hall–Kier alpha value is -0.640. The number of benzene rings is 1. The molecule has 0 saturated heterocycles. The molecule has 1 nitrogen and oxygen atoms in total. The van der Waals surface area contributed by atoms with Gasteiger partial charge in [-0.1, -0.05) is 28.8 Å². The highest BCUT2D eigenvalue weighted by atomic mass is 79.9. The first kappa shape index (κ1) is 13.3. The van der Waals surface area contributed by atoms with Gasteiger partial charge >= 0.3 is 0 Å². The molecule has 0 aromatic heterocycles. The lowest BCUT2D eigenvalue weighted by atomic mass is 9.82. The minimum absolute atomic E-state index is 0.0321. The van der Waals surface area contributed by atoms with Gasteiger partial charge in [0.15, 0.2) is 0 Å². The van der Waals surface area contributed by atoms with Crippen molar-refractivity contribution in [1.82, 2.24) is 0 Å². The molecule has 2 aliphatic rings. The van der Waals surface area contributed by atoms with E-state index >= 15 is 0 Å². The third-order valence-electron chi connectivity index (χ3n) is 4.36. The SMILES string of the molecule is Fc1cc(Br)cc(F)c1NC1CCCC(C2CC2)C1. The van der Waals surface area contributed by atoms with Gasteiger partial charge in [-0.15, -0.1) is 0 Å². The maximum Gasteiger partial charge on any atom is 0.150 e. The van der Waals surface area contributed by atoms with Crippen molar-refractivity contribution in [1.29, 1.82) is 0 Å². The number of nitrogens with one attached hydrogen (secondary N) is 1. The fraction of sp³-hybridized carbons (Fsp3) is 0.600. The Morgan fingerprint density at radius 2 is 1.68 bits per heavy atom. The van der Waals surface area contributed by atoms with E-state index in [1.807, 2.05) is 0 Å². The molecule has 19 heavy (non-hydrogen) atoms. The highest BCUT2D eigenvalue weighted by molar-refractivity contribution is 9.10. The van der Waals surface area contributed by atoms with Crippen LogP contribution in [0.1, 0.15) is 38.5 Å². The smallest absolute Gasteiger partial charge is 0.150 e. The van der Waals surface area contributed by atoms with Gasteiger partial charge in [0, 0.05) is 10.5 Å². The lowest BCUT2D eigenvalue weighted by molar-refractivity contribution is 0.302. The van der Waals surface area contributed by atoms with Crippen LogP contribution >= 0.6 is 15.9 Å². The molecule has 2 saturated carbocycles. The van der Waals surface area contributed by atoms with Gasteiger partial charge in [0.2, 0.25) is 0 Å². The molecule has 0 radical (unpaired) electrons. The van der Waals surface area contributed by atoms with Crippen LogP contribution in [-0.2, 0) is 0 Å². The zero-order chi connectivity index (χ0) is 13.4. The third kappa shape index (κ3) is 3.10. The van der Waals surface area contributed by atoms with Gasteiger partial charge in [0.25, 0.3) is 0 Å². The second-order valence-electron chi connectivity index (χ2n) is 5.85. The van der Waals surface area contributed by atoms with Gasteiger partial charge in [-0.25, -0.2) is 8.78 Å². The lowest BCUT2D eigenvalue weighted by Crippen LogP contribution is -2.29. The molecule has 0 amide bonds. The molecule has 0 spiro atoms. The Kier molecular flexibility index (Phi) is 3.79. The van der Waals surface area contributed by atoms with Crippen LogP contribution in [0.25, 0.3) is 0 Å². The van der Waals surface area contributed by atoms with Crippen molar-refractivity contribution in [2.24, 2.45) is 11.8 Å². The number of hydrogen-bond donors (Lipinski definition) is 1. The minimum Gasteiger partial charge on any atom is -0.378 e. The van der Waals surface area contributed by atoms with Crippen LogP contribution in [0, 0.1) is 23.5 Å². The summed E-state index contributed by atoms with van der Waals surface area (Å²) in [5.74, 6) is 0.609. The van der Waals surface area contributed by atoms with Crippen LogP contribution in [-0.4, -0.2) is 6.04 Å². The molecule has 4 heteroatoms. The molecule has 104 valence electrons. The van der Waals surface area contributed by atoms with E-state index < -0.39 is 11.6 Å². The lowest BCUT2D eigenvalue weighted by Gasteiger charge is -2.30. The van der Waals surface area contributed by atoms with Gasteiger partial charge in [-0.05, 0) is 49.7 Å². The Morgan fingerprint density at radius 1 is 1.00 bits per heavy atom. The van der Waals surface area contributed by atoms with Crippen LogP contribution in [0.15, 0.2) is 16.6 Å². The first-order chi connectivity index (χ1) is 9.13. The summed E-state index contributed by atoms with van der Waals surface area (Å²) in [6.45, 7) is 0. The Bertz CT molecular complexity index is 450. The molecule has 3 rings (SSSR count). The van der Waals surface area contributed by atoms with Crippen molar-refractivity contribution in [3.05, 3.63) is 28.2 Å². The molecule has 2 fully saturated rings. The quantitative estimate of drug-likeness (QED) is 0.812. The standard InChI is InChI=1S/C15H18BrF2N/c16-11-7-13(17)15(14(18)8-11)19-12-3-1-2-10(6-12)9-4-5-9/h7-10,12,19H,1-6H2. The van der Waals surface area contributed by atoms with Crippen LogP contribution in [0.4, 0.5) is 14.5 Å². The minimum atomic E-state index is -0.513. The first-order valence-corrected chi connectivity index (χ1v) is 7.84. The summed E-state index contributed by atoms with van der Waals surface area (Å²) < 4.78 is 28.0. The van der Waals surface area contributed by atoms with E-state index in [9.17, 15) is 8.78 Å². The maximum absolute atomic E-state index is 13.8. The zero-order valence-electron chi connectivity index (χ0n) is 10.8. The molecule has 1 N–H and O–H groups in total. The van der Waals surface area contributed by atoms with E-state index in [1.165, 1.54) is 37.8 Å². The summed E-state index contributed by atoms with van der Waals surface area (Å²) in [4.78, 5) is 0. The summed E-state index contributed by atoms with van der Waals surface area (Å²) in [7, 11) is 0. The maximum atomic E-state index is 13.8. The molecular weight excluding hydrogens is 312 g/mol. The Morgan fingerprint density at radius 3 is 2.32 bits per heavy atom. The van der Waals surface area contributed by atoms with Gasteiger partial charge in [-0.2, -0.15) is 0 Å². The van der Waals surface area contributed by atoms with Crippen molar-refractivity contribution in [3.8, 4) is 0 Å². The van der Waals surface area contributed by atoms with Crippen molar-refractivity contribution < 1.29 is 8.78 Å². The van der Waals surface area contributed by atoms with E-state index in [1.54, 1.807) is 0 Å². The van der Waals surface area contributed by atoms with E-state index in [-0.39, 0.29) is 11.7 Å². The fourth-order valence-electron chi connectivity index (χ4n) is 3.24. The second-order valence-corrected chi connectivity index (χ2v) is 6.77. The number of halogens is 3. The fourth-order valence-corrected chi connectivity index (χ4v) is 3.64. The Balaban J connectivity index is 1.70. The van der Waals surface area contributed by atoms with Crippen molar-refractivity contribution >= 4 is 21.6 Å². The highest BCUT2D eigenvalue weighted by Gasteiger charge is 2.35. The summed E-state index contributed by atoms with van der Waals surface area (Å²) in [6, 6.07) is 2.84. The average Bonchev–Trinajstić information content (AvgIpc) is 3.18. The topological polar surface area (TPSA) is 12.0 Å². The van der Waals surface area contributed by atoms with E-state index in [4.69, 9.17) is 0 Å². The summed E-state index contributed by atoms with van der Waals surface area (Å²) >= 11 is 3.10. The predicted molar refractivity (Wildman–Crippen MR) is 76.2 cm³/mol.